The van der Waals surface area contributed by atoms with E-state index in [-0.39, 0.29) is 41.9 Å². The second-order valence-electron chi connectivity index (χ2n) is 7.61. The number of hydrogen-bond donors (Lipinski definition) is 2. The van der Waals surface area contributed by atoms with Gasteiger partial charge in [-0.3, -0.25) is 10.2 Å². The fourth-order valence-corrected chi connectivity index (χ4v) is 4.49. The van der Waals surface area contributed by atoms with Gasteiger partial charge in [-0.15, -0.1) is 0 Å². The number of nitrogens with two attached hydrogens (primary N) is 1. The molecule has 2 aliphatic rings. The van der Waals surface area contributed by atoms with Crippen LogP contribution in [0.3, 0.4) is 0 Å². The maximum Gasteiger partial charge on any atom is 0.177 e. The highest BCUT2D eigenvalue weighted by Gasteiger charge is 2.36. The Hall–Kier alpha value is -1.82. The van der Waals surface area contributed by atoms with Crippen molar-refractivity contribution in [2.75, 3.05) is 6.61 Å². The molecule has 0 radical (unpaired) electrons. The fourth-order valence-electron chi connectivity index (χ4n) is 4.49. The molecule has 4 unspecified atom stereocenters. The number of aryl methyl sites for hydroxylation is 1. The summed E-state index contributed by atoms with van der Waals surface area (Å²) in [5.74, 6) is -1.44. The first-order valence-electron chi connectivity index (χ1n) is 9.31. The fraction of sp³-hybridized carbons (Fsp3) is 0.600. The van der Waals surface area contributed by atoms with Gasteiger partial charge in [0, 0.05) is 37.1 Å². The topological polar surface area (TPSA) is 76.2 Å². The Morgan fingerprint density at radius 2 is 2.04 bits per heavy atom. The van der Waals surface area contributed by atoms with Crippen LogP contribution < -0.4 is 5.73 Å². The van der Waals surface area contributed by atoms with Crippen LogP contribution in [0, 0.1) is 28.9 Å². The van der Waals surface area contributed by atoms with Gasteiger partial charge in [0.05, 0.1) is 6.61 Å². The monoisotopic (exact) mass is 364 g/mol. The first-order valence-corrected chi connectivity index (χ1v) is 9.31. The standard InChI is InChI=1S/C20H26F2N2O2/c1-11(23)26-10-13-3-2-4-14(13)20(25)9-19(24)15-6-5-12-7-17(21)18(22)8-16(12)15/h7-8,13-15,19,23H,2-6,9-10,24H2,1H3. The summed E-state index contributed by atoms with van der Waals surface area (Å²) >= 11 is 0. The van der Waals surface area contributed by atoms with Crippen molar-refractivity contribution >= 4 is 11.7 Å². The number of fused-ring (bicyclic) bond motifs is 1. The highest BCUT2D eigenvalue weighted by molar-refractivity contribution is 5.82. The van der Waals surface area contributed by atoms with Crippen molar-refractivity contribution in [3.05, 3.63) is 34.9 Å². The number of halogens is 2. The predicted octanol–water partition coefficient (Wildman–Crippen LogP) is 3.71. The largest absolute Gasteiger partial charge is 0.481 e. The van der Waals surface area contributed by atoms with Crippen LogP contribution in [0.2, 0.25) is 0 Å². The van der Waals surface area contributed by atoms with E-state index in [1.165, 1.54) is 12.1 Å². The number of hydrogen-bond acceptors (Lipinski definition) is 4. The number of carbonyl (C=O) groups is 1. The summed E-state index contributed by atoms with van der Waals surface area (Å²) in [6, 6.07) is 2.11. The van der Waals surface area contributed by atoms with Crippen molar-refractivity contribution in [2.24, 2.45) is 17.6 Å². The van der Waals surface area contributed by atoms with E-state index in [0.717, 1.165) is 36.8 Å². The van der Waals surface area contributed by atoms with Gasteiger partial charge in [-0.1, -0.05) is 6.42 Å². The summed E-state index contributed by atoms with van der Waals surface area (Å²) in [6.07, 6.45) is 4.36. The minimum absolute atomic E-state index is 0.0776. The van der Waals surface area contributed by atoms with Gasteiger partial charge in [-0.25, -0.2) is 8.78 Å². The lowest BCUT2D eigenvalue weighted by molar-refractivity contribution is -0.124. The van der Waals surface area contributed by atoms with Crippen LogP contribution in [-0.4, -0.2) is 24.3 Å². The Labute approximate surface area is 152 Å². The molecule has 4 atom stereocenters. The van der Waals surface area contributed by atoms with Gasteiger partial charge in [0.2, 0.25) is 0 Å². The number of ether oxygens (including phenoxy) is 1. The van der Waals surface area contributed by atoms with Gasteiger partial charge in [0.15, 0.2) is 17.5 Å². The van der Waals surface area contributed by atoms with Crippen LogP contribution >= 0.6 is 0 Å². The van der Waals surface area contributed by atoms with E-state index in [4.69, 9.17) is 15.9 Å². The average molecular weight is 364 g/mol. The molecule has 3 rings (SSSR count). The van der Waals surface area contributed by atoms with Crippen molar-refractivity contribution in [3.63, 3.8) is 0 Å². The predicted molar refractivity (Wildman–Crippen MR) is 95.2 cm³/mol. The number of nitrogens with one attached hydrogen (secondary N) is 1. The van der Waals surface area contributed by atoms with E-state index in [0.29, 0.717) is 13.0 Å². The van der Waals surface area contributed by atoms with E-state index < -0.39 is 11.6 Å². The summed E-state index contributed by atoms with van der Waals surface area (Å²) in [4.78, 5) is 12.8. The van der Waals surface area contributed by atoms with Gasteiger partial charge < -0.3 is 10.5 Å². The molecule has 1 saturated carbocycles. The second-order valence-corrected chi connectivity index (χ2v) is 7.61. The van der Waals surface area contributed by atoms with Crippen LogP contribution in [0.4, 0.5) is 8.78 Å². The van der Waals surface area contributed by atoms with Crippen molar-refractivity contribution in [3.8, 4) is 0 Å². The summed E-state index contributed by atoms with van der Waals surface area (Å²) in [5.41, 5.74) is 7.86. The van der Waals surface area contributed by atoms with E-state index >= 15 is 0 Å². The number of rotatable bonds is 6. The minimum Gasteiger partial charge on any atom is -0.481 e. The Kier molecular flexibility index (Phi) is 5.70. The van der Waals surface area contributed by atoms with E-state index in [2.05, 4.69) is 0 Å². The lowest BCUT2D eigenvalue weighted by atomic mass is 9.84. The van der Waals surface area contributed by atoms with Gasteiger partial charge in [-0.2, -0.15) is 0 Å². The minimum atomic E-state index is -0.857. The Morgan fingerprint density at radius 1 is 1.31 bits per heavy atom. The van der Waals surface area contributed by atoms with Crippen molar-refractivity contribution in [1.82, 2.24) is 0 Å². The van der Waals surface area contributed by atoms with Crippen molar-refractivity contribution < 1.29 is 18.3 Å². The summed E-state index contributed by atoms with van der Waals surface area (Å²) in [6.45, 7) is 1.99. The van der Waals surface area contributed by atoms with Crippen LogP contribution in [0.5, 0.6) is 0 Å². The highest BCUT2D eigenvalue weighted by Crippen LogP contribution is 2.39. The average Bonchev–Trinajstić information content (AvgIpc) is 3.20. The van der Waals surface area contributed by atoms with E-state index in [1.54, 1.807) is 6.92 Å². The molecule has 0 aliphatic heterocycles. The molecule has 0 amide bonds. The SMILES string of the molecule is CC(=N)OCC1CCCC1C(=O)CC(N)C1CCc2cc(F)c(F)cc21. The molecule has 0 spiro atoms. The third-order valence-corrected chi connectivity index (χ3v) is 5.85. The van der Waals surface area contributed by atoms with Crippen LogP contribution in [-0.2, 0) is 16.0 Å². The van der Waals surface area contributed by atoms with Crippen molar-refractivity contribution in [2.45, 2.75) is 57.4 Å². The molecule has 142 valence electrons. The lowest BCUT2D eigenvalue weighted by Crippen LogP contribution is -2.34. The number of ketones is 1. The Morgan fingerprint density at radius 3 is 2.77 bits per heavy atom. The van der Waals surface area contributed by atoms with Gasteiger partial charge in [0.25, 0.3) is 0 Å². The maximum atomic E-state index is 13.6. The number of carbonyl (C=O) groups excluding carboxylic acids is 1. The van der Waals surface area contributed by atoms with Crippen LogP contribution in [0.1, 0.15) is 56.1 Å². The van der Waals surface area contributed by atoms with Gasteiger partial charge in [0.1, 0.15) is 5.78 Å². The highest BCUT2D eigenvalue weighted by atomic mass is 19.2. The second kappa shape index (κ2) is 7.82. The molecule has 2 aliphatic carbocycles. The molecule has 6 heteroatoms. The molecule has 1 aromatic carbocycles. The van der Waals surface area contributed by atoms with Gasteiger partial charge in [-0.05, 0) is 48.9 Å². The summed E-state index contributed by atoms with van der Waals surface area (Å²) < 4.78 is 32.3. The number of benzene rings is 1. The molecule has 3 N–H and O–H groups in total. The van der Waals surface area contributed by atoms with Crippen molar-refractivity contribution in [1.29, 1.82) is 5.41 Å². The molecule has 0 aromatic heterocycles. The van der Waals surface area contributed by atoms with Gasteiger partial charge >= 0.3 is 0 Å². The third kappa shape index (κ3) is 3.95. The zero-order valence-corrected chi connectivity index (χ0v) is 15.1. The third-order valence-electron chi connectivity index (χ3n) is 5.85. The number of Topliss-reactive ketones (excluding diaryl/α,β-unsaturated/α-hetero) is 1. The quantitative estimate of drug-likeness (QED) is 0.597. The lowest BCUT2D eigenvalue weighted by Gasteiger charge is -2.24. The van der Waals surface area contributed by atoms with Crippen LogP contribution in [0.15, 0.2) is 12.1 Å². The van der Waals surface area contributed by atoms with E-state index in [9.17, 15) is 13.6 Å². The Balaban J connectivity index is 1.64. The molecular weight excluding hydrogens is 338 g/mol. The Bertz CT molecular complexity index is 707. The zero-order chi connectivity index (χ0) is 18.8. The molecule has 0 saturated heterocycles. The maximum absolute atomic E-state index is 13.6. The van der Waals surface area contributed by atoms with E-state index in [1.807, 2.05) is 0 Å². The summed E-state index contributed by atoms with van der Waals surface area (Å²) in [5, 5.41) is 7.37. The first kappa shape index (κ1) is 19.0. The smallest absolute Gasteiger partial charge is 0.177 e. The molecule has 0 bridgehead atoms. The molecule has 4 nitrogen and oxygen atoms in total. The zero-order valence-electron chi connectivity index (χ0n) is 15.1. The first-order chi connectivity index (χ1) is 12.4. The normalized spacial score (nSPS) is 25.8. The molecule has 1 fully saturated rings. The molecule has 26 heavy (non-hydrogen) atoms. The molecule has 0 heterocycles. The molecular formula is C20H26F2N2O2. The van der Waals surface area contributed by atoms with Crippen LogP contribution in [0.25, 0.3) is 0 Å². The molecule has 1 aromatic rings. The summed E-state index contributed by atoms with van der Waals surface area (Å²) in [7, 11) is 0.